The van der Waals surface area contributed by atoms with E-state index in [0.717, 1.165) is 24.2 Å². The fourth-order valence-electron chi connectivity index (χ4n) is 5.16. The van der Waals surface area contributed by atoms with E-state index in [1.165, 1.54) is 57.1 Å². The van der Waals surface area contributed by atoms with Crippen LogP contribution in [0.4, 0.5) is 0 Å². The third kappa shape index (κ3) is 2.65. The van der Waals surface area contributed by atoms with Crippen molar-refractivity contribution < 1.29 is 0 Å². The lowest BCUT2D eigenvalue weighted by molar-refractivity contribution is 0.437. The lowest BCUT2D eigenvalue weighted by Gasteiger charge is -2.15. The molecule has 4 rings (SSSR count). The van der Waals surface area contributed by atoms with Crippen molar-refractivity contribution in [2.45, 2.75) is 69.9 Å². The first-order valence-corrected chi connectivity index (χ1v) is 9.08. The molecule has 0 aliphatic heterocycles. The van der Waals surface area contributed by atoms with Gasteiger partial charge in [0.05, 0.1) is 11.7 Å². The topological polar surface area (TPSA) is 29.9 Å². The van der Waals surface area contributed by atoms with Gasteiger partial charge < -0.3 is 5.32 Å². The Morgan fingerprint density at radius 3 is 2.48 bits per heavy atom. The Kier molecular flexibility index (Phi) is 3.78. The molecule has 3 unspecified atom stereocenters. The van der Waals surface area contributed by atoms with E-state index in [0.29, 0.717) is 12.1 Å². The van der Waals surface area contributed by atoms with Gasteiger partial charge in [-0.25, -0.2) is 0 Å². The van der Waals surface area contributed by atoms with E-state index in [4.69, 9.17) is 5.10 Å². The first kappa shape index (κ1) is 13.8. The van der Waals surface area contributed by atoms with Crippen LogP contribution in [-0.4, -0.2) is 22.9 Å². The molecule has 0 aromatic carbocycles. The molecular formula is C18H29N3. The van der Waals surface area contributed by atoms with Crippen molar-refractivity contribution in [3.05, 3.63) is 18.0 Å². The molecule has 116 valence electrons. The molecule has 0 bridgehead atoms. The van der Waals surface area contributed by atoms with Crippen LogP contribution in [0.5, 0.6) is 0 Å². The largest absolute Gasteiger partial charge is 0.316 e. The van der Waals surface area contributed by atoms with Crippen LogP contribution in [0.15, 0.2) is 12.3 Å². The van der Waals surface area contributed by atoms with Gasteiger partial charge in [-0.1, -0.05) is 25.7 Å². The predicted octanol–water partition coefficient (Wildman–Crippen LogP) is 3.56. The lowest BCUT2D eigenvalue weighted by Crippen LogP contribution is -2.31. The molecule has 3 heteroatoms. The van der Waals surface area contributed by atoms with Crippen LogP contribution in [0.2, 0.25) is 0 Å². The quantitative estimate of drug-likeness (QED) is 0.897. The Hall–Kier alpha value is -0.830. The third-order valence-electron chi connectivity index (χ3n) is 6.35. The number of nitrogens with zero attached hydrogens (tertiary/aromatic N) is 2. The summed E-state index contributed by atoms with van der Waals surface area (Å²) < 4.78 is 2.25. The molecule has 0 spiro atoms. The molecule has 0 radical (unpaired) electrons. The molecule has 1 N–H and O–H groups in total. The number of likely N-dealkylation sites (N-methyl/N-ethyl adjacent to an activating group) is 1. The SMILES string of the molecule is CNC(Cc1ccn(C2CCCC2)n1)C1C2CCCCC21. The van der Waals surface area contributed by atoms with Gasteiger partial charge in [0.2, 0.25) is 0 Å². The number of nitrogens with one attached hydrogen (secondary N) is 1. The van der Waals surface area contributed by atoms with Crippen LogP contribution in [0, 0.1) is 17.8 Å². The summed E-state index contributed by atoms with van der Waals surface area (Å²) in [6.45, 7) is 0. The predicted molar refractivity (Wildman–Crippen MR) is 85.2 cm³/mol. The number of hydrogen-bond donors (Lipinski definition) is 1. The van der Waals surface area contributed by atoms with Gasteiger partial charge in [0.1, 0.15) is 0 Å². The third-order valence-corrected chi connectivity index (χ3v) is 6.35. The summed E-state index contributed by atoms with van der Waals surface area (Å²) in [7, 11) is 2.14. The lowest BCUT2D eigenvalue weighted by atomic mass is 10.0. The summed E-state index contributed by atoms with van der Waals surface area (Å²) in [5, 5.41) is 8.48. The van der Waals surface area contributed by atoms with E-state index in [-0.39, 0.29) is 0 Å². The molecular weight excluding hydrogens is 258 g/mol. The standard InChI is InChI=1S/C18H29N3/c1-19-17(18-15-8-4-5-9-16(15)18)12-13-10-11-21(20-13)14-6-2-3-7-14/h10-11,14-19H,2-9,12H2,1H3. The highest BCUT2D eigenvalue weighted by Crippen LogP contribution is 2.57. The average Bonchev–Trinajstić information content (AvgIpc) is 2.89. The summed E-state index contributed by atoms with van der Waals surface area (Å²) in [4.78, 5) is 0. The minimum absolute atomic E-state index is 0.644. The van der Waals surface area contributed by atoms with Crippen LogP contribution in [0.3, 0.4) is 0 Å². The number of fused-ring (bicyclic) bond motifs is 1. The van der Waals surface area contributed by atoms with E-state index in [2.05, 4.69) is 29.3 Å². The molecule has 3 fully saturated rings. The van der Waals surface area contributed by atoms with Crippen LogP contribution in [-0.2, 0) is 6.42 Å². The van der Waals surface area contributed by atoms with Gasteiger partial charge in [0.25, 0.3) is 0 Å². The second-order valence-electron chi connectivity index (χ2n) is 7.51. The Labute approximate surface area is 128 Å². The molecule has 3 saturated carbocycles. The minimum atomic E-state index is 0.644. The fraction of sp³-hybridized carbons (Fsp3) is 0.833. The molecule has 3 atom stereocenters. The smallest absolute Gasteiger partial charge is 0.0640 e. The second kappa shape index (κ2) is 5.75. The maximum Gasteiger partial charge on any atom is 0.0640 e. The second-order valence-corrected chi connectivity index (χ2v) is 7.51. The first-order valence-electron chi connectivity index (χ1n) is 9.08. The molecule has 1 aromatic heterocycles. The maximum atomic E-state index is 4.88. The fourth-order valence-corrected chi connectivity index (χ4v) is 5.16. The molecule has 1 heterocycles. The van der Waals surface area contributed by atoms with Crippen molar-refractivity contribution in [3.8, 4) is 0 Å². The van der Waals surface area contributed by atoms with Crippen molar-refractivity contribution in [1.82, 2.24) is 15.1 Å². The van der Waals surface area contributed by atoms with Crippen molar-refractivity contribution in [3.63, 3.8) is 0 Å². The van der Waals surface area contributed by atoms with Gasteiger partial charge in [0, 0.05) is 18.7 Å². The van der Waals surface area contributed by atoms with E-state index < -0.39 is 0 Å². The summed E-state index contributed by atoms with van der Waals surface area (Å²) in [6.07, 6.45) is 14.6. The minimum Gasteiger partial charge on any atom is -0.316 e. The Balaban J connectivity index is 1.40. The normalized spacial score (nSPS) is 33.9. The van der Waals surface area contributed by atoms with E-state index >= 15 is 0 Å². The zero-order valence-electron chi connectivity index (χ0n) is 13.3. The van der Waals surface area contributed by atoms with Gasteiger partial charge in [-0.15, -0.1) is 0 Å². The number of rotatable bonds is 5. The monoisotopic (exact) mass is 287 g/mol. The highest BCUT2D eigenvalue weighted by atomic mass is 15.3. The van der Waals surface area contributed by atoms with Crippen LogP contribution in [0.25, 0.3) is 0 Å². The molecule has 3 nitrogen and oxygen atoms in total. The summed E-state index contributed by atoms with van der Waals surface area (Å²) >= 11 is 0. The van der Waals surface area contributed by atoms with E-state index in [1.807, 2.05) is 0 Å². The molecule has 3 aliphatic carbocycles. The Morgan fingerprint density at radius 2 is 1.81 bits per heavy atom. The summed E-state index contributed by atoms with van der Waals surface area (Å²) in [6, 6.07) is 3.58. The zero-order chi connectivity index (χ0) is 14.2. The van der Waals surface area contributed by atoms with Gasteiger partial charge in [-0.2, -0.15) is 5.10 Å². The Bertz CT molecular complexity index is 463. The maximum absolute atomic E-state index is 4.88. The van der Waals surface area contributed by atoms with Gasteiger partial charge in [-0.05, 0) is 56.6 Å². The zero-order valence-corrected chi connectivity index (χ0v) is 13.3. The first-order chi connectivity index (χ1) is 10.4. The van der Waals surface area contributed by atoms with Crippen LogP contribution in [0.1, 0.15) is 63.1 Å². The highest BCUT2D eigenvalue weighted by Gasteiger charge is 2.53. The van der Waals surface area contributed by atoms with Gasteiger partial charge >= 0.3 is 0 Å². The van der Waals surface area contributed by atoms with Crippen molar-refractivity contribution in [1.29, 1.82) is 0 Å². The molecule has 3 aliphatic rings. The molecule has 0 amide bonds. The van der Waals surface area contributed by atoms with Crippen molar-refractivity contribution >= 4 is 0 Å². The van der Waals surface area contributed by atoms with Crippen LogP contribution >= 0.6 is 0 Å². The van der Waals surface area contributed by atoms with Gasteiger partial charge in [-0.3, -0.25) is 4.68 Å². The number of aromatic nitrogens is 2. The van der Waals surface area contributed by atoms with E-state index in [1.54, 1.807) is 0 Å². The molecule has 21 heavy (non-hydrogen) atoms. The summed E-state index contributed by atoms with van der Waals surface area (Å²) in [5.41, 5.74) is 1.30. The molecule has 0 saturated heterocycles. The Morgan fingerprint density at radius 1 is 1.14 bits per heavy atom. The average molecular weight is 287 g/mol. The molecule has 1 aromatic rings. The summed E-state index contributed by atoms with van der Waals surface area (Å²) in [5.74, 6) is 2.97. The number of hydrogen-bond acceptors (Lipinski definition) is 2. The van der Waals surface area contributed by atoms with E-state index in [9.17, 15) is 0 Å². The van der Waals surface area contributed by atoms with Crippen LogP contribution < -0.4 is 5.32 Å². The van der Waals surface area contributed by atoms with Crippen molar-refractivity contribution in [2.75, 3.05) is 7.05 Å². The highest BCUT2D eigenvalue weighted by molar-refractivity contribution is 5.10. The van der Waals surface area contributed by atoms with Crippen molar-refractivity contribution in [2.24, 2.45) is 17.8 Å². The van der Waals surface area contributed by atoms with Gasteiger partial charge in [0.15, 0.2) is 0 Å².